The molecule has 0 bridgehead atoms. The first kappa shape index (κ1) is 62.9. The number of allylic oxidation sites excluding steroid dienone is 4. The number of likely N-dealkylation sites (N-methyl/N-ethyl adjacent to an activating group) is 2. The van der Waals surface area contributed by atoms with Gasteiger partial charge in [-0.3, -0.25) is 19.0 Å². The maximum absolute atomic E-state index is 14.2. The van der Waals surface area contributed by atoms with Gasteiger partial charge in [-0.2, -0.15) is 10.5 Å². The Labute approximate surface area is 390 Å². The van der Waals surface area contributed by atoms with Gasteiger partial charge in [0, 0.05) is 52.9 Å². The molecular formula is C42H64F12N8O4P2. The van der Waals surface area contributed by atoms with Gasteiger partial charge in [-0.05, 0) is 50.0 Å². The Kier molecular flexibility index (Phi) is 17.3. The Balaban J connectivity index is 0.00000188. The zero-order chi connectivity index (χ0) is 54.9. The summed E-state index contributed by atoms with van der Waals surface area (Å²) in [6, 6.07) is 3.50. The van der Waals surface area contributed by atoms with Crippen molar-refractivity contribution in [2.45, 2.75) is 55.4 Å². The molecule has 26 heteroatoms. The molecule has 68 heavy (non-hydrogen) atoms. The fourth-order valence-electron chi connectivity index (χ4n) is 8.91. The topological polar surface area (TPSA) is 119 Å². The summed E-state index contributed by atoms with van der Waals surface area (Å²) in [5.41, 5.74) is 2.09. The van der Waals surface area contributed by atoms with Gasteiger partial charge in [-0.15, -0.1) is 0 Å². The average Bonchev–Trinajstić information content (AvgIpc) is 3.52. The fraction of sp³-hybridized carbons (Fsp3) is 0.571. The van der Waals surface area contributed by atoms with E-state index >= 15 is 0 Å². The third-order valence-electron chi connectivity index (χ3n) is 10.7. The van der Waals surface area contributed by atoms with Crippen molar-refractivity contribution in [3.8, 4) is 12.1 Å². The van der Waals surface area contributed by atoms with Crippen molar-refractivity contribution in [3.63, 3.8) is 0 Å². The summed E-state index contributed by atoms with van der Waals surface area (Å²) in [5.74, 6) is 2.16. The summed E-state index contributed by atoms with van der Waals surface area (Å²) in [6.07, 6.45) is 8.93. The van der Waals surface area contributed by atoms with Crippen molar-refractivity contribution >= 4 is 39.2 Å². The number of nitrogens with zero attached hydrogens (tertiary/aromatic N) is 8. The normalized spacial score (nSPS) is 26.0. The van der Waals surface area contributed by atoms with Crippen molar-refractivity contribution in [1.82, 2.24) is 19.6 Å². The van der Waals surface area contributed by atoms with Crippen LogP contribution in [0.15, 0.2) is 69.5 Å². The third-order valence-corrected chi connectivity index (χ3v) is 10.7. The predicted octanol–water partition coefficient (Wildman–Crippen LogP) is 11.7. The second-order valence-electron chi connectivity index (χ2n) is 17.9. The first-order chi connectivity index (χ1) is 29.7. The Hall–Kier alpha value is -5.08. The number of rotatable bonds is 5. The van der Waals surface area contributed by atoms with Crippen molar-refractivity contribution in [2.75, 3.05) is 84.6 Å². The predicted molar refractivity (Wildman–Crippen MR) is 241 cm³/mol. The van der Waals surface area contributed by atoms with E-state index in [0.29, 0.717) is 11.5 Å². The zero-order valence-corrected chi connectivity index (χ0v) is 43.7. The average molecular weight is 1030 g/mol. The van der Waals surface area contributed by atoms with Gasteiger partial charge in [-0.25, -0.2) is 9.59 Å². The van der Waals surface area contributed by atoms with Gasteiger partial charge in [-0.1, -0.05) is 38.2 Å². The molecule has 2 spiro atoms. The number of halogens is 12. The second kappa shape index (κ2) is 18.7. The van der Waals surface area contributed by atoms with Gasteiger partial charge in [0.25, 0.3) is 0 Å². The van der Waals surface area contributed by atoms with Crippen LogP contribution in [0.2, 0.25) is 0 Å². The van der Waals surface area contributed by atoms with E-state index in [1.54, 1.807) is 12.1 Å². The first-order valence-electron chi connectivity index (χ1n) is 20.0. The van der Waals surface area contributed by atoms with Gasteiger partial charge in [0.1, 0.15) is 0 Å². The minimum absolute atomic E-state index is 0.297. The molecule has 0 aromatic rings. The second-order valence-corrected chi connectivity index (χ2v) is 21.7. The molecule has 0 saturated carbocycles. The van der Waals surface area contributed by atoms with Crippen LogP contribution in [0, 0.1) is 44.3 Å². The number of esters is 2. The molecule has 390 valence electrons. The van der Waals surface area contributed by atoms with Crippen LogP contribution in [-0.4, -0.2) is 137 Å². The standard InChI is InChI=1S/C38H58N6O4.2C2H3N.2F6P/c1-23-19-35(5,20-24(2)37(23)29(39(7)8)27(47-33(37)45)31(41(11)12)42(13)14)36(6)21-25(3)38(26(4)22-36)30(40(9)10)28(48-34(38)46)32(43(15)16)44(17)18;2*1-2-3;2*1-7(2,3,4,5)6/h19-22H,1-18H3;2*1H3;;/q+2;;;2*-1. The first-order valence-corrected chi connectivity index (χ1v) is 24.0. The van der Waals surface area contributed by atoms with Crippen LogP contribution in [0.4, 0.5) is 50.4 Å². The van der Waals surface area contributed by atoms with E-state index in [-0.39, 0.29) is 11.9 Å². The Morgan fingerprint density at radius 1 is 0.515 bits per heavy atom. The van der Waals surface area contributed by atoms with Crippen molar-refractivity contribution < 1.29 is 78.6 Å². The van der Waals surface area contributed by atoms with Crippen LogP contribution in [0.25, 0.3) is 0 Å². The van der Waals surface area contributed by atoms with E-state index in [9.17, 15) is 60.0 Å². The quantitative estimate of drug-likeness (QED) is 0.0501. The van der Waals surface area contributed by atoms with Gasteiger partial charge >= 0.3 is 89.6 Å². The monoisotopic (exact) mass is 1030 g/mol. The van der Waals surface area contributed by atoms with Gasteiger partial charge in [0.15, 0.2) is 10.8 Å². The Morgan fingerprint density at radius 3 is 0.824 bits per heavy atom. The summed E-state index contributed by atoms with van der Waals surface area (Å²) in [5, 5.41) is 14.6. The van der Waals surface area contributed by atoms with Crippen LogP contribution in [0.1, 0.15) is 55.4 Å². The number of ether oxygens (including phenoxy) is 2. The molecular weight excluding hydrogens is 970 g/mol. The van der Waals surface area contributed by atoms with Gasteiger partial charge in [0.05, 0.1) is 79.9 Å². The molecule has 0 fully saturated rings. The summed E-state index contributed by atoms with van der Waals surface area (Å²) in [4.78, 5) is 36.3. The van der Waals surface area contributed by atoms with Crippen LogP contribution < -0.4 is 0 Å². The number of amidine groups is 2. The minimum atomic E-state index is -10.7. The summed E-state index contributed by atoms with van der Waals surface area (Å²) < 4.78 is 135. The Bertz CT molecular complexity index is 2160. The zero-order valence-electron chi connectivity index (χ0n) is 42.0. The van der Waals surface area contributed by atoms with E-state index in [0.717, 1.165) is 45.4 Å². The fourth-order valence-corrected chi connectivity index (χ4v) is 8.91. The van der Waals surface area contributed by atoms with Crippen LogP contribution in [0.3, 0.4) is 0 Å². The molecule has 0 amide bonds. The number of hydrogen-bond acceptors (Lipinski definition) is 8. The molecule has 12 nitrogen and oxygen atoms in total. The summed E-state index contributed by atoms with van der Waals surface area (Å²) >= 11 is 0. The molecule has 0 saturated heterocycles. The van der Waals surface area contributed by atoms with E-state index in [1.165, 1.54) is 13.8 Å². The molecule has 0 N–H and O–H groups in total. The molecule has 0 aromatic heterocycles. The van der Waals surface area contributed by atoms with Crippen LogP contribution >= 0.6 is 15.6 Å². The van der Waals surface area contributed by atoms with E-state index in [4.69, 9.17) is 20.0 Å². The van der Waals surface area contributed by atoms with Crippen molar-refractivity contribution in [3.05, 3.63) is 69.5 Å². The molecule has 0 atom stereocenters. The van der Waals surface area contributed by atoms with Gasteiger partial charge < -0.3 is 19.3 Å². The maximum atomic E-state index is 14.2. The Morgan fingerprint density at radius 2 is 0.691 bits per heavy atom. The SMILES string of the molecule is CC#N.CC#N.CC1=CC(C)(C2(C)C=C(C)C3(C(=O)OC(C(N(C)C)=[N+](C)C)=C3N(C)C)C(C)=C2)C=C(C)C12C(=O)OC(C(N(C)C)=[N+](C)C)=C2N(C)C.F[P-](F)(F)(F)(F)F.F[P-](F)(F)(F)(F)F. The third kappa shape index (κ3) is 15.2. The van der Waals surface area contributed by atoms with Crippen LogP contribution in [0.5, 0.6) is 0 Å². The van der Waals surface area contributed by atoms with Crippen molar-refractivity contribution in [1.29, 1.82) is 10.5 Å². The van der Waals surface area contributed by atoms with Gasteiger partial charge in [0.2, 0.25) is 11.5 Å². The number of nitriles is 2. The number of cyclic esters (lactones) is 2. The molecule has 2 aliphatic heterocycles. The molecule has 4 aliphatic rings. The van der Waals surface area contributed by atoms with E-state index in [1.807, 2.05) is 141 Å². The van der Waals surface area contributed by atoms with E-state index in [2.05, 4.69) is 38.2 Å². The van der Waals surface area contributed by atoms with Crippen molar-refractivity contribution in [2.24, 2.45) is 21.7 Å². The molecule has 2 aliphatic carbocycles. The molecule has 0 aromatic carbocycles. The summed E-state index contributed by atoms with van der Waals surface area (Å²) in [6.45, 7) is 15.5. The number of hydrogen-bond donors (Lipinski definition) is 0. The number of carbonyl (C=O) groups excluding carboxylic acids is 2. The molecule has 0 unspecified atom stereocenters. The number of carbonyl (C=O) groups is 2. The molecule has 2 heterocycles. The molecule has 4 rings (SSSR count). The van der Waals surface area contributed by atoms with E-state index < -0.39 is 37.3 Å². The summed E-state index contributed by atoms with van der Waals surface area (Å²) in [7, 11) is 2.21. The van der Waals surface area contributed by atoms with Crippen LogP contribution in [-0.2, 0) is 19.1 Å². The molecule has 0 radical (unpaired) electrons.